The number of ether oxygens (including phenoxy) is 1. The van der Waals surface area contributed by atoms with Crippen LogP contribution in [0.2, 0.25) is 0 Å². The molecule has 1 heterocycles. The SMILES string of the molecule is N#CC1OC2C=CC1C2. The van der Waals surface area contributed by atoms with Gasteiger partial charge in [0.1, 0.15) is 0 Å². The number of hydrogen-bond donors (Lipinski definition) is 0. The molecule has 0 aromatic rings. The van der Waals surface area contributed by atoms with Crippen LogP contribution in [0.5, 0.6) is 0 Å². The lowest BCUT2D eigenvalue weighted by Crippen LogP contribution is -2.14. The Labute approximate surface area is 53.7 Å². The topological polar surface area (TPSA) is 33.0 Å². The zero-order valence-corrected chi connectivity index (χ0v) is 4.95. The summed E-state index contributed by atoms with van der Waals surface area (Å²) in [5, 5.41) is 8.48. The number of rotatable bonds is 0. The van der Waals surface area contributed by atoms with Crippen LogP contribution in [0.4, 0.5) is 0 Å². The van der Waals surface area contributed by atoms with E-state index >= 15 is 0 Å². The molecule has 3 atom stereocenters. The van der Waals surface area contributed by atoms with Crippen LogP contribution < -0.4 is 0 Å². The van der Waals surface area contributed by atoms with E-state index < -0.39 is 0 Å². The van der Waals surface area contributed by atoms with Crippen molar-refractivity contribution in [1.82, 2.24) is 0 Å². The molecule has 2 nitrogen and oxygen atoms in total. The molecule has 0 aromatic carbocycles. The molecule has 1 aliphatic heterocycles. The minimum atomic E-state index is -0.153. The van der Waals surface area contributed by atoms with Gasteiger partial charge in [-0.3, -0.25) is 0 Å². The predicted molar refractivity (Wildman–Crippen MR) is 31.5 cm³/mol. The Morgan fingerprint density at radius 1 is 1.56 bits per heavy atom. The molecule has 46 valence electrons. The average Bonchev–Trinajstić information content (AvgIpc) is 2.45. The lowest BCUT2D eigenvalue weighted by atomic mass is 10.1. The highest BCUT2D eigenvalue weighted by atomic mass is 16.5. The van der Waals surface area contributed by atoms with Crippen LogP contribution in [0.3, 0.4) is 0 Å². The molecule has 3 unspecified atom stereocenters. The van der Waals surface area contributed by atoms with Crippen molar-refractivity contribution in [2.24, 2.45) is 5.92 Å². The molecule has 0 amide bonds. The Balaban J connectivity index is 2.22. The van der Waals surface area contributed by atoms with E-state index in [1.54, 1.807) is 0 Å². The molecule has 2 aliphatic rings. The summed E-state index contributed by atoms with van der Waals surface area (Å²) in [6.07, 6.45) is 5.25. The number of fused-ring (bicyclic) bond motifs is 2. The molecule has 2 bridgehead atoms. The fraction of sp³-hybridized carbons (Fsp3) is 0.571. The Kier molecular flexibility index (Phi) is 0.882. The van der Waals surface area contributed by atoms with E-state index in [4.69, 9.17) is 10.00 Å². The van der Waals surface area contributed by atoms with Gasteiger partial charge >= 0.3 is 0 Å². The minimum absolute atomic E-state index is 0.153. The van der Waals surface area contributed by atoms with E-state index in [0.717, 1.165) is 6.42 Å². The Hall–Kier alpha value is -0.810. The van der Waals surface area contributed by atoms with Crippen molar-refractivity contribution >= 4 is 0 Å². The van der Waals surface area contributed by atoms with Gasteiger partial charge in [0.25, 0.3) is 0 Å². The summed E-state index contributed by atoms with van der Waals surface area (Å²) in [5.74, 6) is 0.389. The van der Waals surface area contributed by atoms with Gasteiger partial charge in [-0.25, -0.2) is 0 Å². The normalized spacial score (nSPS) is 45.4. The van der Waals surface area contributed by atoms with Crippen LogP contribution >= 0.6 is 0 Å². The zero-order valence-electron chi connectivity index (χ0n) is 4.95. The second-order valence-electron chi connectivity index (χ2n) is 2.51. The number of nitriles is 1. The van der Waals surface area contributed by atoms with E-state index in [2.05, 4.69) is 12.1 Å². The van der Waals surface area contributed by atoms with Gasteiger partial charge in [-0.1, -0.05) is 12.2 Å². The molecule has 2 heteroatoms. The van der Waals surface area contributed by atoms with Crippen LogP contribution in [-0.2, 0) is 4.74 Å². The third kappa shape index (κ3) is 0.585. The summed E-state index contributed by atoms with van der Waals surface area (Å²) in [6.45, 7) is 0. The minimum Gasteiger partial charge on any atom is -0.355 e. The molecule has 0 N–H and O–H groups in total. The lowest BCUT2D eigenvalue weighted by Gasteiger charge is -2.08. The molecule has 0 spiro atoms. The van der Waals surface area contributed by atoms with Crippen molar-refractivity contribution in [3.8, 4) is 6.07 Å². The Bertz CT molecular complexity index is 192. The molecule has 1 aliphatic carbocycles. The maximum Gasteiger partial charge on any atom is 0.151 e. The highest BCUT2D eigenvalue weighted by Gasteiger charge is 2.36. The molecule has 9 heavy (non-hydrogen) atoms. The van der Waals surface area contributed by atoms with Gasteiger partial charge in [0.15, 0.2) is 6.10 Å². The monoisotopic (exact) mass is 121 g/mol. The van der Waals surface area contributed by atoms with Crippen molar-refractivity contribution in [3.05, 3.63) is 12.2 Å². The molecule has 2 rings (SSSR count). The summed E-state index contributed by atoms with van der Waals surface area (Å²) in [5.41, 5.74) is 0. The van der Waals surface area contributed by atoms with Crippen molar-refractivity contribution in [1.29, 1.82) is 5.26 Å². The first-order chi connectivity index (χ1) is 4.40. The van der Waals surface area contributed by atoms with E-state index in [1.807, 2.05) is 6.08 Å². The van der Waals surface area contributed by atoms with Gasteiger partial charge in [-0.2, -0.15) is 5.26 Å². The predicted octanol–water partition coefficient (Wildman–Crippen LogP) is 0.853. The van der Waals surface area contributed by atoms with Gasteiger partial charge in [-0.05, 0) is 6.42 Å². The smallest absolute Gasteiger partial charge is 0.151 e. The quantitative estimate of drug-likeness (QED) is 0.445. The van der Waals surface area contributed by atoms with Crippen molar-refractivity contribution in [3.63, 3.8) is 0 Å². The summed E-state index contributed by atoms with van der Waals surface area (Å²) in [4.78, 5) is 0. The zero-order chi connectivity index (χ0) is 6.27. The number of hydrogen-bond acceptors (Lipinski definition) is 2. The van der Waals surface area contributed by atoms with Gasteiger partial charge in [0.2, 0.25) is 0 Å². The molecular formula is C7H7NO. The van der Waals surface area contributed by atoms with Gasteiger partial charge < -0.3 is 4.74 Å². The summed E-state index contributed by atoms with van der Waals surface area (Å²) < 4.78 is 5.26. The van der Waals surface area contributed by atoms with Crippen LogP contribution in [0.1, 0.15) is 6.42 Å². The van der Waals surface area contributed by atoms with Gasteiger partial charge in [0.05, 0.1) is 12.2 Å². The second-order valence-corrected chi connectivity index (χ2v) is 2.51. The van der Waals surface area contributed by atoms with E-state index in [-0.39, 0.29) is 12.2 Å². The maximum absolute atomic E-state index is 8.48. The molecule has 0 radical (unpaired) electrons. The lowest BCUT2D eigenvalue weighted by molar-refractivity contribution is 0.0911. The summed E-state index contributed by atoms with van der Waals surface area (Å²) in [7, 11) is 0. The first kappa shape index (κ1) is 5.01. The van der Waals surface area contributed by atoms with Gasteiger partial charge in [-0.15, -0.1) is 0 Å². The number of nitrogens with zero attached hydrogens (tertiary/aromatic N) is 1. The molecule has 1 fully saturated rings. The maximum atomic E-state index is 8.48. The van der Waals surface area contributed by atoms with Crippen LogP contribution in [0, 0.1) is 17.2 Å². The molecule has 1 saturated heterocycles. The summed E-state index contributed by atoms with van der Waals surface area (Å²) >= 11 is 0. The van der Waals surface area contributed by atoms with E-state index in [0.29, 0.717) is 5.92 Å². The highest BCUT2D eigenvalue weighted by molar-refractivity contribution is 5.15. The van der Waals surface area contributed by atoms with Crippen LogP contribution in [-0.4, -0.2) is 12.2 Å². The molecule has 0 saturated carbocycles. The average molecular weight is 121 g/mol. The Morgan fingerprint density at radius 3 is 2.78 bits per heavy atom. The third-order valence-corrected chi connectivity index (χ3v) is 1.91. The third-order valence-electron chi connectivity index (χ3n) is 1.91. The fourth-order valence-corrected chi connectivity index (χ4v) is 1.43. The first-order valence-electron chi connectivity index (χ1n) is 3.13. The second kappa shape index (κ2) is 1.58. The van der Waals surface area contributed by atoms with Crippen molar-refractivity contribution < 1.29 is 4.74 Å². The van der Waals surface area contributed by atoms with Crippen LogP contribution in [0.15, 0.2) is 12.2 Å². The van der Waals surface area contributed by atoms with E-state index in [1.165, 1.54) is 0 Å². The first-order valence-corrected chi connectivity index (χ1v) is 3.13. The van der Waals surface area contributed by atoms with Crippen molar-refractivity contribution in [2.75, 3.05) is 0 Å². The van der Waals surface area contributed by atoms with Gasteiger partial charge in [0, 0.05) is 5.92 Å². The highest BCUT2D eigenvalue weighted by Crippen LogP contribution is 2.33. The standard InChI is InChI=1S/C7H7NO/c8-4-7-5-1-2-6(3-5)9-7/h1-2,5-7H,3H2. The largest absolute Gasteiger partial charge is 0.355 e. The van der Waals surface area contributed by atoms with Crippen LogP contribution in [0.25, 0.3) is 0 Å². The Morgan fingerprint density at radius 2 is 2.44 bits per heavy atom. The van der Waals surface area contributed by atoms with E-state index in [9.17, 15) is 0 Å². The molecular weight excluding hydrogens is 114 g/mol. The van der Waals surface area contributed by atoms with Crippen molar-refractivity contribution in [2.45, 2.75) is 18.6 Å². The fourth-order valence-electron chi connectivity index (χ4n) is 1.43. The summed E-state index contributed by atoms with van der Waals surface area (Å²) in [6, 6.07) is 2.12. The molecule has 0 aromatic heterocycles.